The van der Waals surface area contributed by atoms with Gasteiger partial charge < -0.3 is 10.2 Å². The minimum Gasteiger partial charge on any atom is -0.379 e. The topological polar surface area (TPSA) is 45.2 Å². The number of nitrogens with zero attached hydrogens (tertiary/aromatic N) is 2. The van der Waals surface area contributed by atoms with Gasteiger partial charge in [0.1, 0.15) is 0 Å². The predicted molar refractivity (Wildman–Crippen MR) is 83.5 cm³/mol. The lowest BCUT2D eigenvalue weighted by molar-refractivity contribution is -0.128. The van der Waals surface area contributed by atoms with E-state index in [4.69, 9.17) is 11.6 Å². The van der Waals surface area contributed by atoms with Crippen LogP contribution in [0.2, 0.25) is 5.02 Å². The number of carbonyl (C=O) groups is 1. The van der Waals surface area contributed by atoms with Gasteiger partial charge in [0.05, 0.1) is 11.6 Å². The van der Waals surface area contributed by atoms with Crippen molar-refractivity contribution < 1.29 is 4.79 Å². The maximum absolute atomic E-state index is 12.0. The fourth-order valence-corrected chi connectivity index (χ4v) is 3.20. The molecule has 108 valence electrons. The molecular formula is C16H16ClN3O. The fraction of sp³-hybridized carbons (Fsp3) is 0.375. The average Bonchev–Trinajstić information content (AvgIpc) is 3.24. The number of rotatable bonds is 3. The molecule has 0 bridgehead atoms. The summed E-state index contributed by atoms with van der Waals surface area (Å²) < 4.78 is 0. The highest BCUT2D eigenvalue weighted by molar-refractivity contribution is 6.31. The van der Waals surface area contributed by atoms with E-state index in [1.54, 1.807) is 6.20 Å². The number of nitrogens with one attached hydrogen (secondary N) is 1. The molecule has 2 heterocycles. The highest BCUT2D eigenvalue weighted by Gasteiger charge is 2.39. The van der Waals surface area contributed by atoms with Gasteiger partial charge in [-0.1, -0.05) is 11.6 Å². The minimum absolute atomic E-state index is 0.169. The second-order valence-corrected chi connectivity index (χ2v) is 6.28. The van der Waals surface area contributed by atoms with E-state index in [9.17, 15) is 4.79 Å². The molecule has 1 unspecified atom stereocenters. The minimum atomic E-state index is 0.169. The molecule has 1 aliphatic carbocycles. The number of hydrogen-bond acceptors (Lipinski definition) is 3. The lowest BCUT2D eigenvalue weighted by Gasteiger charge is -2.17. The maximum Gasteiger partial charge on any atom is 0.225 e. The average molecular weight is 302 g/mol. The summed E-state index contributed by atoms with van der Waals surface area (Å²) in [5.41, 5.74) is 1.91. The first-order valence-corrected chi connectivity index (χ1v) is 7.69. The molecule has 0 radical (unpaired) electrons. The molecule has 0 spiro atoms. The van der Waals surface area contributed by atoms with E-state index in [1.165, 1.54) is 0 Å². The lowest BCUT2D eigenvalue weighted by atomic mass is 10.1. The van der Waals surface area contributed by atoms with Crippen LogP contribution in [0.1, 0.15) is 19.3 Å². The van der Waals surface area contributed by atoms with E-state index in [1.807, 2.05) is 29.2 Å². The molecule has 1 amide bonds. The number of fused-ring (bicyclic) bond motifs is 1. The molecule has 1 aliphatic heterocycles. The SMILES string of the molecule is O=C1CC(Nc2ccnc3ccc(Cl)cc23)CN1C1CC1. The highest BCUT2D eigenvalue weighted by Crippen LogP contribution is 2.32. The Hall–Kier alpha value is -1.81. The molecule has 4 nitrogen and oxygen atoms in total. The van der Waals surface area contributed by atoms with Gasteiger partial charge >= 0.3 is 0 Å². The Bertz CT molecular complexity index is 714. The molecule has 5 heteroatoms. The Kier molecular flexibility index (Phi) is 3.00. The molecule has 21 heavy (non-hydrogen) atoms. The quantitative estimate of drug-likeness (QED) is 0.947. The van der Waals surface area contributed by atoms with Gasteiger partial charge in [-0.2, -0.15) is 0 Å². The molecule has 2 fully saturated rings. The van der Waals surface area contributed by atoms with Gasteiger partial charge in [-0.3, -0.25) is 9.78 Å². The van der Waals surface area contributed by atoms with Crippen molar-refractivity contribution in [3.8, 4) is 0 Å². The predicted octanol–water partition coefficient (Wildman–Crippen LogP) is 3.06. The number of anilines is 1. The zero-order chi connectivity index (χ0) is 14.4. The highest BCUT2D eigenvalue weighted by atomic mass is 35.5. The summed E-state index contributed by atoms with van der Waals surface area (Å²) in [5.74, 6) is 0.270. The van der Waals surface area contributed by atoms with Crippen LogP contribution in [-0.4, -0.2) is 34.4 Å². The van der Waals surface area contributed by atoms with Crippen LogP contribution < -0.4 is 5.32 Å². The zero-order valence-electron chi connectivity index (χ0n) is 11.6. The largest absolute Gasteiger partial charge is 0.379 e. The normalized spacial score (nSPS) is 22.0. The Morgan fingerprint density at radius 3 is 2.95 bits per heavy atom. The van der Waals surface area contributed by atoms with Crippen LogP contribution in [0, 0.1) is 0 Å². The fourth-order valence-electron chi connectivity index (χ4n) is 3.03. The Morgan fingerprint density at radius 1 is 1.29 bits per heavy atom. The summed E-state index contributed by atoms with van der Waals surface area (Å²) in [5, 5.41) is 5.19. The third-order valence-electron chi connectivity index (χ3n) is 4.21. The number of halogens is 1. The molecule has 2 aliphatic rings. The number of likely N-dealkylation sites (tertiary alicyclic amines) is 1. The van der Waals surface area contributed by atoms with Crippen LogP contribution in [-0.2, 0) is 4.79 Å². The van der Waals surface area contributed by atoms with Crippen LogP contribution in [0.15, 0.2) is 30.5 Å². The van der Waals surface area contributed by atoms with E-state index in [0.717, 1.165) is 36.0 Å². The summed E-state index contributed by atoms with van der Waals surface area (Å²) in [4.78, 5) is 18.4. The van der Waals surface area contributed by atoms with Gasteiger partial charge in [-0.05, 0) is 37.1 Å². The summed E-state index contributed by atoms with van der Waals surface area (Å²) in [7, 11) is 0. The Balaban J connectivity index is 1.60. The lowest BCUT2D eigenvalue weighted by Crippen LogP contribution is -2.29. The number of aromatic nitrogens is 1. The second-order valence-electron chi connectivity index (χ2n) is 5.84. The molecule has 1 atom stereocenters. The van der Waals surface area contributed by atoms with E-state index in [-0.39, 0.29) is 11.9 Å². The van der Waals surface area contributed by atoms with E-state index < -0.39 is 0 Å². The first kappa shape index (κ1) is 12.9. The van der Waals surface area contributed by atoms with Gasteiger partial charge in [0, 0.05) is 41.3 Å². The maximum atomic E-state index is 12.0. The van der Waals surface area contributed by atoms with Crippen molar-refractivity contribution in [2.24, 2.45) is 0 Å². The molecule has 1 aromatic heterocycles. The summed E-state index contributed by atoms with van der Waals surface area (Å²) >= 11 is 6.09. The van der Waals surface area contributed by atoms with Crippen molar-refractivity contribution >= 4 is 34.1 Å². The first-order valence-electron chi connectivity index (χ1n) is 7.31. The van der Waals surface area contributed by atoms with Crippen LogP contribution in [0.5, 0.6) is 0 Å². The molecule has 2 aromatic rings. The number of hydrogen-bond donors (Lipinski definition) is 1. The van der Waals surface area contributed by atoms with Gasteiger partial charge in [-0.15, -0.1) is 0 Å². The van der Waals surface area contributed by atoms with Gasteiger partial charge in [0.25, 0.3) is 0 Å². The third-order valence-corrected chi connectivity index (χ3v) is 4.44. The molecule has 1 saturated carbocycles. The number of amides is 1. The zero-order valence-corrected chi connectivity index (χ0v) is 12.3. The summed E-state index contributed by atoms with van der Waals surface area (Å²) in [6.45, 7) is 0.799. The van der Waals surface area contributed by atoms with E-state index in [2.05, 4.69) is 10.3 Å². The van der Waals surface area contributed by atoms with E-state index in [0.29, 0.717) is 17.5 Å². The Morgan fingerprint density at radius 2 is 2.14 bits per heavy atom. The standard InChI is InChI=1S/C16H16ClN3O/c17-10-1-4-14-13(7-10)15(5-6-18-14)19-11-8-16(21)20(9-11)12-2-3-12/h1,4-7,11-12H,2-3,8-9H2,(H,18,19). The van der Waals surface area contributed by atoms with Crippen molar-refractivity contribution in [2.75, 3.05) is 11.9 Å². The van der Waals surface area contributed by atoms with Gasteiger partial charge in [0.2, 0.25) is 5.91 Å². The van der Waals surface area contributed by atoms with Crippen molar-refractivity contribution in [3.63, 3.8) is 0 Å². The molecular weight excluding hydrogens is 286 g/mol. The van der Waals surface area contributed by atoms with Crippen molar-refractivity contribution in [1.29, 1.82) is 0 Å². The molecule has 1 N–H and O–H groups in total. The van der Waals surface area contributed by atoms with Crippen molar-refractivity contribution in [3.05, 3.63) is 35.5 Å². The smallest absolute Gasteiger partial charge is 0.225 e. The summed E-state index contributed by atoms with van der Waals surface area (Å²) in [6, 6.07) is 8.29. The van der Waals surface area contributed by atoms with Crippen LogP contribution in [0.4, 0.5) is 5.69 Å². The van der Waals surface area contributed by atoms with Crippen LogP contribution in [0.25, 0.3) is 10.9 Å². The van der Waals surface area contributed by atoms with Crippen molar-refractivity contribution in [1.82, 2.24) is 9.88 Å². The number of benzene rings is 1. The van der Waals surface area contributed by atoms with Crippen LogP contribution >= 0.6 is 11.6 Å². The monoisotopic (exact) mass is 301 g/mol. The molecule has 4 rings (SSSR count). The van der Waals surface area contributed by atoms with Gasteiger partial charge in [-0.25, -0.2) is 0 Å². The number of pyridine rings is 1. The third kappa shape index (κ3) is 2.44. The van der Waals surface area contributed by atoms with Gasteiger partial charge in [0.15, 0.2) is 0 Å². The number of carbonyl (C=O) groups excluding carboxylic acids is 1. The summed E-state index contributed by atoms with van der Waals surface area (Å²) in [6.07, 6.45) is 4.67. The van der Waals surface area contributed by atoms with Crippen LogP contribution in [0.3, 0.4) is 0 Å². The first-order chi connectivity index (χ1) is 10.2. The molecule has 1 saturated heterocycles. The van der Waals surface area contributed by atoms with Crippen molar-refractivity contribution in [2.45, 2.75) is 31.3 Å². The van der Waals surface area contributed by atoms with E-state index >= 15 is 0 Å². The Labute approximate surface area is 128 Å². The molecule has 1 aromatic carbocycles. The second kappa shape index (κ2) is 4.88.